The lowest BCUT2D eigenvalue weighted by molar-refractivity contribution is -0.142. The Kier molecular flexibility index (Phi) is 7.68. The molecular formula is C18H33N3O4. The minimum absolute atomic E-state index is 0. The number of nitrogens with one attached hydrogen (secondary N) is 2. The summed E-state index contributed by atoms with van der Waals surface area (Å²) in [7, 11) is 0. The number of amides is 2. The molecule has 0 spiro atoms. The van der Waals surface area contributed by atoms with Crippen molar-refractivity contribution < 1.29 is 20.9 Å². The number of nitrogens with zero attached hydrogens (tertiary/aromatic N) is 1. The normalized spacial score (nSPS) is 23.3. The van der Waals surface area contributed by atoms with E-state index in [0.29, 0.717) is 5.92 Å². The van der Waals surface area contributed by atoms with Gasteiger partial charge in [0.1, 0.15) is 0 Å². The quantitative estimate of drug-likeness (QED) is 0.608. The summed E-state index contributed by atoms with van der Waals surface area (Å²) in [6.07, 6.45) is 5.12. The standard InChI is InChI=1S/C18H31N3O4.H2/c1-13(11-17(23)24)20-16(22)12-15-3-2-9-21(18(15)25)10-6-14-4-7-19-8-5-14;/h13-15,19H,2-12H2,1H3,(H,20,22)(H,23,24);1H/t13-,15-;/m1./s1. The molecule has 2 fully saturated rings. The third kappa shape index (κ3) is 6.65. The van der Waals surface area contributed by atoms with Crippen molar-refractivity contribution >= 4 is 17.8 Å². The average molecular weight is 355 g/mol. The summed E-state index contributed by atoms with van der Waals surface area (Å²) in [5, 5.41) is 14.8. The fraction of sp³-hybridized carbons (Fsp3) is 0.833. The summed E-state index contributed by atoms with van der Waals surface area (Å²) in [6.45, 7) is 5.38. The van der Waals surface area contributed by atoms with Crippen LogP contribution in [0.1, 0.15) is 53.3 Å². The lowest BCUT2D eigenvalue weighted by atomic mass is 9.91. The van der Waals surface area contributed by atoms with Crippen molar-refractivity contribution in [2.45, 2.75) is 57.9 Å². The second-order valence-corrected chi connectivity index (χ2v) is 7.42. The Morgan fingerprint density at radius 1 is 1.36 bits per heavy atom. The highest BCUT2D eigenvalue weighted by molar-refractivity contribution is 5.86. The van der Waals surface area contributed by atoms with Crippen LogP contribution >= 0.6 is 0 Å². The van der Waals surface area contributed by atoms with Crippen LogP contribution in [0.2, 0.25) is 0 Å². The molecule has 7 heteroatoms. The van der Waals surface area contributed by atoms with E-state index in [-0.39, 0.29) is 32.0 Å². The van der Waals surface area contributed by atoms with E-state index in [0.717, 1.165) is 45.4 Å². The molecule has 2 aliphatic rings. The molecule has 0 unspecified atom stereocenters. The molecule has 0 saturated carbocycles. The molecule has 2 heterocycles. The molecule has 0 radical (unpaired) electrons. The molecule has 2 aliphatic heterocycles. The number of carbonyl (C=O) groups excluding carboxylic acids is 2. The van der Waals surface area contributed by atoms with Gasteiger partial charge in [-0.05, 0) is 58.0 Å². The fourth-order valence-corrected chi connectivity index (χ4v) is 3.81. The van der Waals surface area contributed by atoms with E-state index in [9.17, 15) is 14.4 Å². The van der Waals surface area contributed by atoms with Crippen LogP contribution in [0.3, 0.4) is 0 Å². The van der Waals surface area contributed by atoms with Gasteiger partial charge in [0.15, 0.2) is 0 Å². The topological polar surface area (TPSA) is 98.7 Å². The second kappa shape index (κ2) is 9.75. The van der Waals surface area contributed by atoms with E-state index in [2.05, 4.69) is 10.6 Å². The highest BCUT2D eigenvalue weighted by Crippen LogP contribution is 2.23. The van der Waals surface area contributed by atoms with Gasteiger partial charge in [-0.25, -0.2) is 0 Å². The van der Waals surface area contributed by atoms with Gasteiger partial charge >= 0.3 is 5.97 Å². The minimum Gasteiger partial charge on any atom is -0.481 e. The molecule has 7 nitrogen and oxygen atoms in total. The Labute approximate surface area is 151 Å². The molecule has 144 valence electrons. The monoisotopic (exact) mass is 355 g/mol. The summed E-state index contributed by atoms with van der Waals surface area (Å²) in [5.41, 5.74) is 0. The summed E-state index contributed by atoms with van der Waals surface area (Å²) in [4.78, 5) is 37.3. The summed E-state index contributed by atoms with van der Waals surface area (Å²) in [6, 6.07) is -0.417. The van der Waals surface area contributed by atoms with Crippen LogP contribution in [0.5, 0.6) is 0 Å². The number of aliphatic carboxylic acids is 1. The average Bonchev–Trinajstić information content (AvgIpc) is 2.55. The Morgan fingerprint density at radius 2 is 2.08 bits per heavy atom. The van der Waals surface area contributed by atoms with E-state index in [1.165, 1.54) is 12.8 Å². The van der Waals surface area contributed by atoms with Crippen LogP contribution in [-0.2, 0) is 14.4 Å². The van der Waals surface area contributed by atoms with Crippen molar-refractivity contribution in [1.82, 2.24) is 15.5 Å². The Hall–Kier alpha value is -1.63. The van der Waals surface area contributed by atoms with Gasteiger partial charge in [-0.3, -0.25) is 14.4 Å². The third-order valence-corrected chi connectivity index (χ3v) is 5.23. The summed E-state index contributed by atoms with van der Waals surface area (Å²) >= 11 is 0. The van der Waals surface area contributed by atoms with Crippen LogP contribution in [0.25, 0.3) is 0 Å². The van der Waals surface area contributed by atoms with Crippen molar-refractivity contribution in [3.8, 4) is 0 Å². The minimum atomic E-state index is -0.939. The zero-order valence-corrected chi connectivity index (χ0v) is 15.1. The first-order valence-electron chi connectivity index (χ1n) is 9.46. The Bertz CT molecular complexity index is 483. The van der Waals surface area contributed by atoms with Gasteiger partial charge in [0.25, 0.3) is 0 Å². The molecule has 0 aromatic carbocycles. The molecular weight excluding hydrogens is 322 g/mol. The van der Waals surface area contributed by atoms with E-state index in [4.69, 9.17) is 5.11 Å². The molecule has 3 N–H and O–H groups in total. The van der Waals surface area contributed by atoms with Gasteiger partial charge in [0, 0.05) is 32.9 Å². The predicted octanol–water partition coefficient (Wildman–Crippen LogP) is 1.23. The molecule has 2 rings (SSSR count). The molecule has 0 bridgehead atoms. The number of carboxylic acids is 1. The third-order valence-electron chi connectivity index (χ3n) is 5.23. The number of carboxylic acid groups (broad SMARTS) is 1. The van der Waals surface area contributed by atoms with Crippen LogP contribution in [-0.4, -0.2) is 60.0 Å². The van der Waals surface area contributed by atoms with Crippen molar-refractivity contribution in [3.05, 3.63) is 0 Å². The number of hydrogen-bond donors (Lipinski definition) is 3. The van der Waals surface area contributed by atoms with Gasteiger partial charge in [-0.2, -0.15) is 0 Å². The molecule has 0 aliphatic carbocycles. The Balaban J connectivity index is 0.00000338. The molecule has 2 atom stereocenters. The van der Waals surface area contributed by atoms with Crippen LogP contribution in [0.4, 0.5) is 0 Å². The van der Waals surface area contributed by atoms with Crippen LogP contribution in [0, 0.1) is 11.8 Å². The van der Waals surface area contributed by atoms with Crippen molar-refractivity contribution in [3.63, 3.8) is 0 Å². The van der Waals surface area contributed by atoms with Gasteiger partial charge < -0.3 is 20.6 Å². The van der Waals surface area contributed by atoms with Gasteiger partial charge in [0.2, 0.25) is 11.8 Å². The Morgan fingerprint density at radius 3 is 2.76 bits per heavy atom. The SMILES string of the molecule is C[C@H](CC(=O)O)NC(=O)C[C@H]1CCCN(CCC2CCNCC2)C1=O.[HH]. The zero-order chi connectivity index (χ0) is 18.2. The van der Waals surface area contributed by atoms with E-state index >= 15 is 0 Å². The van der Waals surface area contributed by atoms with Crippen LogP contribution < -0.4 is 10.6 Å². The number of likely N-dealkylation sites (tertiary alicyclic amines) is 1. The van der Waals surface area contributed by atoms with Crippen molar-refractivity contribution in [1.29, 1.82) is 0 Å². The molecule has 0 aromatic heterocycles. The smallest absolute Gasteiger partial charge is 0.305 e. The summed E-state index contributed by atoms with van der Waals surface area (Å²) in [5.74, 6) is -0.660. The molecule has 0 aromatic rings. The van der Waals surface area contributed by atoms with E-state index in [1.54, 1.807) is 6.92 Å². The molecule has 25 heavy (non-hydrogen) atoms. The first-order valence-corrected chi connectivity index (χ1v) is 9.46. The predicted molar refractivity (Wildman–Crippen MR) is 96.1 cm³/mol. The van der Waals surface area contributed by atoms with E-state index in [1.807, 2.05) is 4.90 Å². The van der Waals surface area contributed by atoms with E-state index < -0.39 is 12.0 Å². The maximum atomic E-state index is 12.6. The number of carbonyl (C=O) groups is 3. The fourth-order valence-electron chi connectivity index (χ4n) is 3.81. The second-order valence-electron chi connectivity index (χ2n) is 7.42. The van der Waals surface area contributed by atoms with Gasteiger partial charge in [0.05, 0.1) is 6.42 Å². The largest absolute Gasteiger partial charge is 0.481 e. The number of rotatable bonds is 8. The molecule has 2 amide bonds. The number of hydrogen-bond acceptors (Lipinski definition) is 4. The maximum absolute atomic E-state index is 12.6. The van der Waals surface area contributed by atoms with Gasteiger partial charge in [-0.1, -0.05) is 0 Å². The molecule has 2 saturated heterocycles. The zero-order valence-electron chi connectivity index (χ0n) is 15.1. The lowest BCUT2D eigenvalue weighted by Crippen LogP contribution is -2.45. The highest BCUT2D eigenvalue weighted by Gasteiger charge is 2.31. The summed E-state index contributed by atoms with van der Waals surface area (Å²) < 4.78 is 0. The lowest BCUT2D eigenvalue weighted by Gasteiger charge is -2.34. The van der Waals surface area contributed by atoms with Crippen LogP contribution in [0.15, 0.2) is 0 Å². The maximum Gasteiger partial charge on any atom is 0.305 e. The highest BCUT2D eigenvalue weighted by atomic mass is 16.4. The first kappa shape index (κ1) is 19.7. The van der Waals surface area contributed by atoms with Crippen molar-refractivity contribution in [2.24, 2.45) is 11.8 Å². The first-order chi connectivity index (χ1) is 12.0. The van der Waals surface area contributed by atoms with Gasteiger partial charge in [-0.15, -0.1) is 0 Å². The van der Waals surface area contributed by atoms with Crippen molar-refractivity contribution in [2.75, 3.05) is 26.2 Å². The number of piperidine rings is 2.